The fourth-order valence-corrected chi connectivity index (χ4v) is 3.59. The van der Waals surface area contributed by atoms with Gasteiger partial charge in [-0.15, -0.1) is 0 Å². The minimum atomic E-state index is -0.456. The Balaban J connectivity index is 2.11. The highest BCUT2D eigenvalue weighted by Gasteiger charge is 2.21. The van der Waals surface area contributed by atoms with E-state index < -0.39 is 11.2 Å². The summed E-state index contributed by atoms with van der Waals surface area (Å²) in [6.45, 7) is 1.95. The number of rotatable bonds is 4. The molecule has 0 aliphatic rings. The van der Waals surface area contributed by atoms with Crippen molar-refractivity contribution in [3.63, 3.8) is 0 Å². The second-order valence-electron chi connectivity index (χ2n) is 6.39. The lowest BCUT2D eigenvalue weighted by Crippen LogP contribution is -2.39. The average molecular weight is 388 g/mol. The molecule has 1 aromatic carbocycles. The number of para-hydroxylation sites is 1. The van der Waals surface area contributed by atoms with Crippen molar-refractivity contribution in [2.24, 2.45) is 7.05 Å². The number of aliphatic hydroxyl groups is 1. The first-order chi connectivity index (χ1) is 13.0. The molecule has 27 heavy (non-hydrogen) atoms. The van der Waals surface area contributed by atoms with Gasteiger partial charge in [0, 0.05) is 32.1 Å². The van der Waals surface area contributed by atoms with Gasteiger partial charge in [0.05, 0.1) is 10.7 Å². The first kappa shape index (κ1) is 17.6. The van der Waals surface area contributed by atoms with Gasteiger partial charge in [-0.3, -0.25) is 22.9 Å². The lowest BCUT2D eigenvalue weighted by atomic mass is 10.3. The molecule has 140 valence electrons. The molecule has 0 fully saturated rings. The Morgan fingerprint density at radius 3 is 2.67 bits per heavy atom. The van der Waals surface area contributed by atoms with Gasteiger partial charge in [-0.05, 0) is 25.5 Å². The number of hydrogen-bond donors (Lipinski definition) is 1. The van der Waals surface area contributed by atoms with E-state index in [1.54, 1.807) is 23.7 Å². The highest BCUT2D eigenvalue weighted by molar-refractivity contribution is 6.32. The number of aliphatic hydroxyl groups excluding tert-OH is 1. The molecule has 4 rings (SSSR count). The summed E-state index contributed by atoms with van der Waals surface area (Å²) in [7, 11) is 1.58. The number of halogens is 1. The molecular formula is C18H18ClN5O3. The summed E-state index contributed by atoms with van der Waals surface area (Å²) in [5, 5.41) is 9.61. The minimum absolute atomic E-state index is 0.0998. The van der Waals surface area contributed by atoms with E-state index >= 15 is 0 Å². The van der Waals surface area contributed by atoms with Crippen LogP contribution >= 0.6 is 11.6 Å². The highest BCUT2D eigenvalue weighted by Crippen LogP contribution is 2.25. The molecule has 0 spiro atoms. The number of fused-ring (bicyclic) bond motifs is 3. The quantitative estimate of drug-likeness (QED) is 0.574. The molecule has 3 heterocycles. The fourth-order valence-electron chi connectivity index (χ4n) is 3.37. The first-order valence-corrected chi connectivity index (χ1v) is 8.89. The third kappa shape index (κ3) is 2.52. The van der Waals surface area contributed by atoms with Crippen molar-refractivity contribution < 1.29 is 5.11 Å². The summed E-state index contributed by atoms with van der Waals surface area (Å²) in [6, 6.07) is 7.37. The maximum Gasteiger partial charge on any atom is 0.332 e. The maximum atomic E-state index is 13.0. The summed E-state index contributed by atoms with van der Waals surface area (Å²) >= 11 is 6.35. The van der Waals surface area contributed by atoms with Crippen molar-refractivity contribution in [3.8, 4) is 5.69 Å². The number of benzene rings is 1. The number of aromatic nitrogens is 5. The molecule has 0 aliphatic heterocycles. The molecule has 9 heteroatoms. The maximum absolute atomic E-state index is 13.0. The summed E-state index contributed by atoms with van der Waals surface area (Å²) in [5.41, 5.74) is 1.34. The predicted molar refractivity (Wildman–Crippen MR) is 103 cm³/mol. The van der Waals surface area contributed by atoms with Crippen LogP contribution < -0.4 is 11.2 Å². The molecule has 0 radical (unpaired) electrons. The van der Waals surface area contributed by atoms with Gasteiger partial charge < -0.3 is 5.11 Å². The lowest BCUT2D eigenvalue weighted by molar-refractivity contribution is 0.277. The molecule has 0 atom stereocenters. The Hall–Kier alpha value is -2.84. The monoisotopic (exact) mass is 387 g/mol. The van der Waals surface area contributed by atoms with Crippen LogP contribution in [0.1, 0.15) is 12.1 Å². The predicted octanol–water partition coefficient (Wildman–Crippen LogP) is 1.48. The Morgan fingerprint density at radius 2 is 1.96 bits per heavy atom. The van der Waals surface area contributed by atoms with E-state index in [2.05, 4.69) is 4.98 Å². The fraction of sp³-hybridized carbons (Fsp3) is 0.278. The van der Waals surface area contributed by atoms with Crippen molar-refractivity contribution >= 4 is 28.5 Å². The second-order valence-corrected chi connectivity index (χ2v) is 6.79. The second kappa shape index (κ2) is 6.40. The zero-order chi connectivity index (χ0) is 19.3. The molecule has 0 saturated heterocycles. The molecule has 0 bridgehead atoms. The van der Waals surface area contributed by atoms with Crippen LogP contribution in [0.2, 0.25) is 5.02 Å². The van der Waals surface area contributed by atoms with Crippen molar-refractivity contribution in [2.75, 3.05) is 6.61 Å². The van der Waals surface area contributed by atoms with Gasteiger partial charge >= 0.3 is 5.69 Å². The van der Waals surface area contributed by atoms with Crippen molar-refractivity contribution in [1.82, 2.24) is 23.1 Å². The van der Waals surface area contributed by atoms with Crippen LogP contribution in [0.4, 0.5) is 0 Å². The Labute approximate surface area is 158 Å². The Morgan fingerprint density at radius 1 is 1.22 bits per heavy atom. The molecule has 1 N–H and O–H groups in total. The third-order valence-corrected chi connectivity index (χ3v) is 4.98. The van der Waals surface area contributed by atoms with Crippen molar-refractivity contribution in [1.29, 1.82) is 0 Å². The zero-order valence-electron chi connectivity index (χ0n) is 14.9. The number of nitrogens with zero attached hydrogens (tertiary/aromatic N) is 5. The topological polar surface area (TPSA) is 86.5 Å². The van der Waals surface area contributed by atoms with Gasteiger partial charge in [0.25, 0.3) is 5.56 Å². The van der Waals surface area contributed by atoms with Crippen LogP contribution in [0.3, 0.4) is 0 Å². The summed E-state index contributed by atoms with van der Waals surface area (Å²) in [4.78, 5) is 30.1. The van der Waals surface area contributed by atoms with E-state index in [9.17, 15) is 9.59 Å². The zero-order valence-corrected chi connectivity index (χ0v) is 15.6. The smallest absolute Gasteiger partial charge is 0.332 e. The van der Waals surface area contributed by atoms with Gasteiger partial charge in [-0.1, -0.05) is 23.7 Å². The van der Waals surface area contributed by atoms with Crippen molar-refractivity contribution in [2.45, 2.75) is 19.9 Å². The van der Waals surface area contributed by atoms with Gasteiger partial charge in [0.2, 0.25) is 5.78 Å². The van der Waals surface area contributed by atoms with Gasteiger partial charge in [0.15, 0.2) is 11.2 Å². The SMILES string of the molecule is Cc1cn2c3c(=O)n(CCCO)c(=O)n(C)c3nc2n1-c1ccccc1Cl. The highest BCUT2D eigenvalue weighted by atomic mass is 35.5. The Bertz CT molecular complexity index is 1290. The minimum Gasteiger partial charge on any atom is -0.396 e. The van der Waals surface area contributed by atoms with Crippen LogP contribution in [0.15, 0.2) is 40.1 Å². The molecule has 0 amide bonds. The van der Waals surface area contributed by atoms with Crippen LogP contribution in [0.5, 0.6) is 0 Å². The molecule has 0 unspecified atom stereocenters. The van der Waals surface area contributed by atoms with Crippen LogP contribution in [0.25, 0.3) is 22.6 Å². The van der Waals surface area contributed by atoms with Crippen molar-refractivity contribution in [3.05, 3.63) is 62.0 Å². The van der Waals surface area contributed by atoms with E-state index in [1.807, 2.05) is 29.7 Å². The third-order valence-electron chi connectivity index (χ3n) is 4.66. The molecular weight excluding hydrogens is 370 g/mol. The normalized spacial score (nSPS) is 11.7. The first-order valence-electron chi connectivity index (χ1n) is 8.51. The molecule has 0 saturated carbocycles. The summed E-state index contributed by atoms with van der Waals surface area (Å²) < 4.78 is 6.03. The molecule has 8 nitrogen and oxygen atoms in total. The largest absolute Gasteiger partial charge is 0.396 e. The number of aryl methyl sites for hydroxylation is 2. The molecule has 4 aromatic rings. The van der Waals surface area contributed by atoms with E-state index in [-0.39, 0.29) is 13.2 Å². The van der Waals surface area contributed by atoms with Gasteiger partial charge in [-0.2, -0.15) is 4.98 Å². The van der Waals surface area contributed by atoms with Crippen LogP contribution in [-0.4, -0.2) is 34.8 Å². The standard InChI is InChI=1S/C18H18ClN5O3/c1-11-10-23-14-15(21(2)18(27)22(16(14)26)8-5-9-25)20-17(23)24(11)13-7-4-3-6-12(13)19/h3-4,6-7,10,25H,5,8-9H2,1-2H3. The summed E-state index contributed by atoms with van der Waals surface area (Å²) in [6.07, 6.45) is 2.12. The average Bonchev–Trinajstić information content (AvgIpc) is 3.15. The van der Waals surface area contributed by atoms with Gasteiger partial charge in [-0.25, -0.2) is 4.79 Å². The lowest BCUT2D eigenvalue weighted by Gasteiger charge is -2.07. The Kier molecular flexibility index (Phi) is 4.16. The summed E-state index contributed by atoms with van der Waals surface area (Å²) in [5.74, 6) is 0.502. The molecule has 0 aliphatic carbocycles. The number of imidazole rings is 2. The van der Waals surface area contributed by atoms with E-state index in [0.29, 0.717) is 28.4 Å². The van der Waals surface area contributed by atoms with Crippen LogP contribution in [-0.2, 0) is 13.6 Å². The molecule has 3 aromatic heterocycles. The van der Waals surface area contributed by atoms with E-state index in [0.717, 1.165) is 15.9 Å². The van der Waals surface area contributed by atoms with Gasteiger partial charge in [0.1, 0.15) is 0 Å². The van der Waals surface area contributed by atoms with E-state index in [4.69, 9.17) is 16.7 Å². The van der Waals surface area contributed by atoms with Crippen LogP contribution in [0, 0.1) is 6.92 Å². The number of hydrogen-bond acceptors (Lipinski definition) is 4. The van der Waals surface area contributed by atoms with E-state index in [1.165, 1.54) is 4.57 Å².